The first-order valence-electron chi connectivity index (χ1n) is 20.3. The van der Waals surface area contributed by atoms with E-state index in [0.29, 0.717) is 0 Å². The quantitative estimate of drug-likeness (QED) is 0.143. The summed E-state index contributed by atoms with van der Waals surface area (Å²) >= 11 is 0. The summed E-state index contributed by atoms with van der Waals surface area (Å²) < 4.78 is 0. The Kier molecular flexibility index (Phi) is 9.78. The topological polar surface area (TPSA) is 6.48 Å². The van der Waals surface area contributed by atoms with Crippen LogP contribution in [0.3, 0.4) is 0 Å². The van der Waals surface area contributed by atoms with Gasteiger partial charge in [-0.15, -0.1) is 0 Å². The molecule has 0 radical (unpaired) electrons. The van der Waals surface area contributed by atoms with E-state index in [1.165, 1.54) is 44.5 Å². The highest BCUT2D eigenvalue weighted by atomic mass is 15.1. The molecule has 0 unspecified atom stereocenters. The molecular formula is C55H54N2. The Bertz CT molecular complexity index is 2470. The molecule has 2 nitrogen and oxygen atoms in total. The Morgan fingerprint density at radius 3 is 1.42 bits per heavy atom. The van der Waals surface area contributed by atoms with Crippen molar-refractivity contribution < 1.29 is 0 Å². The monoisotopic (exact) mass is 742 g/mol. The molecule has 7 aromatic carbocycles. The highest BCUT2D eigenvalue weighted by Crippen LogP contribution is 2.51. The minimum atomic E-state index is -0.0821. The average molecular weight is 743 g/mol. The number of anilines is 6. The van der Waals surface area contributed by atoms with Crippen LogP contribution >= 0.6 is 0 Å². The third kappa shape index (κ3) is 7.45. The third-order valence-corrected chi connectivity index (χ3v) is 11.6. The van der Waals surface area contributed by atoms with Crippen LogP contribution in [0.2, 0.25) is 0 Å². The van der Waals surface area contributed by atoms with E-state index in [9.17, 15) is 0 Å². The molecule has 1 aliphatic rings. The van der Waals surface area contributed by atoms with Gasteiger partial charge in [0.2, 0.25) is 0 Å². The van der Waals surface area contributed by atoms with Gasteiger partial charge in [-0.1, -0.05) is 165 Å². The molecule has 0 spiro atoms. The van der Waals surface area contributed by atoms with E-state index < -0.39 is 0 Å². The maximum Gasteiger partial charge on any atom is 0.0465 e. The van der Waals surface area contributed by atoms with Gasteiger partial charge < -0.3 is 9.80 Å². The van der Waals surface area contributed by atoms with E-state index in [1.807, 2.05) is 0 Å². The summed E-state index contributed by atoms with van der Waals surface area (Å²) in [6.07, 6.45) is 2.36. The summed E-state index contributed by atoms with van der Waals surface area (Å²) in [7, 11) is 0. The molecule has 284 valence electrons. The number of rotatable bonds is 8. The van der Waals surface area contributed by atoms with E-state index in [2.05, 4.69) is 247 Å². The minimum Gasteiger partial charge on any atom is -0.311 e. The van der Waals surface area contributed by atoms with Gasteiger partial charge in [0.05, 0.1) is 0 Å². The molecule has 0 bridgehead atoms. The first kappa shape index (κ1) is 37.8. The van der Waals surface area contributed by atoms with Crippen molar-refractivity contribution in [2.75, 3.05) is 9.80 Å². The average Bonchev–Trinajstić information content (AvgIpc) is 3.44. The summed E-state index contributed by atoms with van der Waals surface area (Å²) in [5.41, 5.74) is 17.2. The molecular weight excluding hydrogens is 689 g/mol. The van der Waals surface area contributed by atoms with E-state index in [0.717, 1.165) is 34.1 Å². The van der Waals surface area contributed by atoms with Gasteiger partial charge >= 0.3 is 0 Å². The van der Waals surface area contributed by atoms with Crippen molar-refractivity contribution >= 4 is 45.8 Å². The van der Waals surface area contributed by atoms with Crippen molar-refractivity contribution in [3.05, 3.63) is 204 Å². The fourth-order valence-corrected chi connectivity index (χ4v) is 8.40. The zero-order chi connectivity index (χ0) is 40.0. The largest absolute Gasteiger partial charge is 0.311 e. The number of allylic oxidation sites excluding steroid dienone is 1. The molecule has 57 heavy (non-hydrogen) atoms. The second-order valence-electron chi connectivity index (χ2n) is 18.0. The summed E-state index contributed by atoms with van der Waals surface area (Å²) in [6.45, 7) is 18.4. The Morgan fingerprint density at radius 1 is 0.439 bits per heavy atom. The molecule has 7 aromatic rings. The lowest BCUT2D eigenvalue weighted by atomic mass is 9.81. The first-order valence-corrected chi connectivity index (χ1v) is 20.3. The van der Waals surface area contributed by atoms with Crippen molar-refractivity contribution in [1.29, 1.82) is 0 Å². The fourth-order valence-electron chi connectivity index (χ4n) is 8.40. The van der Waals surface area contributed by atoms with Crippen LogP contribution in [0.15, 0.2) is 176 Å². The lowest BCUT2D eigenvalue weighted by Crippen LogP contribution is -2.17. The molecule has 0 amide bonds. The van der Waals surface area contributed by atoms with Gasteiger partial charge in [0.25, 0.3) is 0 Å². The standard InChI is InChI=1S/C55H54N2/c1-53(2,3)41-27-33-46(34-28-41)57(47-35-36-49-48-21-15-16-22-50(48)55(7,8)52(49)38-47)44-29-23-39(24-30-44)37-51(54(4,5)6)40-25-31-45(32-26-40)56(42-17-11-9-12-18-42)43-19-13-10-14-20-43/h9-38H,1-8H3. The first-order chi connectivity index (χ1) is 27.3. The molecule has 0 atom stereocenters. The molecule has 8 rings (SSSR count). The van der Waals surface area contributed by atoms with Crippen LogP contribution < -0.4 is 9.80 Å². The van der Waals surface area contributed by atoms with Gasteiger partial charge in [0.1, 0.15) is 0 Å². The van der Waals surface area contributed by atoms with Gasteiger partial charge in [-0.3, -0.25) is 0 Å². The Balaban J connectivity index is 1.15. The Labute approximate surface area is 340 Å². The number of para-hydroxylation sites is 2. The van der Waals surface area contributed by atoms with Crippen molar-refractivity contribution in [1.82, 2.24) is 0 Å². The highest BCUT2D eigenvalue weighted by molar-refractivity contribution is 5.88. The van der Waals surface area contributed by atoms with Crippen molar-refractivity contribution in [2.24, 2.45) is 5.41 Å². The molecule has 0 saturated carbocycles. The normalized spacial score (nSPS) is 13.5. The van der Waals surface area contributed by atoms with Crippen molar-refractivity contribution in [3.63, 3.8) is 0 Å². The summed E-state index contributed by atoms with van der Waals surface area (Å²) in [5, 5.41) is 0. The van der Waals surface area contributed by atoms with Crippen LogP contribution in [-0.2, 0) is 10.8 Å². The van der Waals surface area contributed by atoms with Crippen LogP contribution in [0.25, 0.3) is 22.8 Å². The third-order valence-electron chi connectivity index (χ3n) is 11.6. The second-order valence-corrected chi connectivity index (χ2v) is 18.0. The molecule has 0 aromatic heterocycles. The molecule has 2 heteroatoms. The summed E-state index contributed by atoms with van der Waals surface area (Å²) in [4.78, 5) is 4.72. The van der Waals surface area contributed by atoms with Crippen LogP contribution in [0.1, 0.15) is 83.2 Å². The number of benzene rings is 7. The predicted molar refractivity (Wildman–Crippen MR) is 246 cm³/mol. The lowest BCUT2D eigenvalue weighted by Gasteiger charge is -2.29. The van der Waals surface area contributed by atoms with Crippen molar-refractivity contribution in [3.8, 4) is 11.1 Å². The van der Waals surface area contributed by atoms with E-state index in [4.69, 9.17) is 0 Å². The number of fused-ring (bicyclic) bond motifs is 3. The minimum absolute atomic E-state index is 0.0750. The van der Waals surface area contributed by atoms with Crippen LogP contribution in [0.4, 0.5) is 34.1 Å². The molecule has 0 N–H and O–H groups in total. The van der Waals surface area contributed by atoms with Crippen molar-refractivity contribution in [2.45, 2.75) is 66.2 Å². The zero-order valence-electron chi connectivity index (χ0n) is 34.7. The highest BCUT2D eigenvalue weighted by Gasteiger charge is 2.35. The van der Waals surface area contributed by atoms with Gasteiger partial charge in [0.15, 0.2) is 0 Å². The van der Waals surface area contributed by atoms with E-state index in [-0.39, 0.29) is 16.2 Å². The summed E-state index contributed by atoms with van der Waals surface area (Å²) in [6, 6.07) is 64.3. The SMILES string of the molecule is CC(C)(C)C(=Cc1ccc(N(c2ccc(C(C)(C)C)cc2)c2ccc3c(c2)C(C)(C)c2ccccc2-3)cc1)c1ccc(N(c2ccccc2)c2ccccc2)cc1. The predicted octanol–water partition coefficient (Wildman–Crippen LogP) is 15.8. The smallest absolute Gasteiger partial charge is 0.0465 e. The molecule has 0 heterocycles. The fraction of sp³-hybridized carbons (Fsp3) is 0.200. The molecule has 0 fully saturated rings. The van der Waals surface area contributed by atoms with Gasteiger partial charge in [0, 0.05) is 39.5 Å². The number of hydrogen-bond donors (Lipinski definition) is 0. The maximum absolute atomic E-state index is 2.42. The number of nitrogens with zero attached hydrogens (tertiary/aromatic N) is 2. The summed E-state index contributed by atoms with van der Waals surface area (Å²) in [5.74, 6) is 0. The van der Waals surface area contributed by atoms with E-state index in [1.54, 1.807) is 0 Å². The van der Waals surface area contributed by atoms with E-state index >= 15 is 0 Å². The molecule has 0 aliphatic heterocycles. The van der Waals surface area contributed by atoms with Crippen LogP contribution in [0, 0.1) is 5.41 Å². The zero-order valence-corrected chi connectivity index (χ0v) is 34.7. The Morgan fingerprint density at radius 2 is 0.877 bits per heavy atom. The molecule has 1 aliphatic carbocycles. The maximum atomic E-state index is 2.42. The van der Waals surface area contributed by atoms with Gasteiger partial charge in [-0.2, -0.15) is 0 Å². The lowest BCUT2D eigenvalue weighted by molar-refractivity contribution is 0.569. The number of hydrogen-bond acceptors (Lipinski definition) is 2. The van der Waals surface area contributed by atoms with Gasteiger partial charge in [-0.05, 0) is 128 Å². The van der Waals surface area contributed by atoms with Gasteiger partial charge in [-0.25, -0.2) is 0 Å². The second kappa shape index (κ2) is 14.8. The van der Waals surface area contributed by atoms with Crippen LogP contribution in [0.5, 0.6) is 0 Å². The Hall–Kier alpha value is -6.12. The molecule has 0 saturated heterocycles. The van der Waals surface area contributed by atoms with Crippen LogP contribution in [-0.4, -0.2) is 0 Å².